The van der Waals surface area contributed by atoms with Gasteiger partial charge < -0.3 is 14.6 Å². The number of rotatable bonds is 5. The molecule has 0 spiro atoms. The van der Waals surface area contributed by atoms with E-state index in [2.05, 4.69) is 5.32 Å². The third-order valence-corrected chi connectivity index (χ3v) is 1.79. The van der Waals surface area contributed by atoms with Crippen LogP contribution in [0, 0.1) is 0 Å². The summed E-state index contributed by atoms with van der Waals surface area (Å²) in [5, 5.41) is 11.0. The topological polar surface area (TPSA) is 84.9 Å². The third kappa shape index (κ3) is 5.20. The van der Waals surface area contributed by atoms with E-state index < -0.39 is 18.7 Å². The third-order valence-electron chi connectivity index (χ3n) is 1.79. The summed E-state index contributed by atoms with van der Waals surface area (Å²) in [5.74, 6) is -0.702. The molecule has 0 heterocycles. The van der Waals surface area contributed by atoms with Gasteiger partial charge in [0.15, 0.2) is 6.61 Å². The van der Waals surface area contributed by atoms with Gasteiger partial charge in [-0.3, -0.25) is 5.32 Å². The monoisotopic (exact) mass is 253 g/mol. The van der Waals surface area contributed by atoms with E-state index in [0.29, 0.717) is 11.4 Å². The highest BCUT2D eigenvalue weighted by Gasteiger charge is 2.06. The molecule has 0 fully saturated rings. The summed E-state index contributed by atoms with van der Waals surface area (Å²) < 4.78 is 9.89. The standard InChI is InChI=1S/C12H15NO5/c1-8(2)18-12(16)13-9-4-3-5-10(6-9)17-7-11(14)15/h3-6,8H,7H2,1-2H3,(H,13,16)(H,14,15). The number of carbonyl (C=O) groups is 2. The van der Waals surface area contributed by atoms with E-state index in [0.717, 1.165) is 0 Å². The Morgan fingerprint density at radius 3 is 2.72 bits per heavy atom. The van der Waals surface area contributed by atoms with Crippen molar-refractivity contribution in [2.75, 3.05) is 11.9 Å². The van der Waals surface area contributed by atoms with Crippen LogP contribution in [0.15, 0.2) is 24.3 Å². The van der Waals surface area contributed by atoms with E-state index in [4.69, 9.17) is 14.6 Å². The Balaban J connectivity index is 2.59. The lowest BCUT2D eigenvalue weighted by molar-refractivity contribution is -0.139. The van der Waals surface area contributed by atoms with Crippen LogP contribution in [-0.2, 0) is 9.53 Å². The van der Waals surface area contributed by atoms with Crippen molar-refractivity contribution in [1.29, 1.82) is 0 Å². The maximum Gasteiger partial charge on any atom is 0.411 e. The maximum absolute atomic E-state index is 11.3. The molecule has 0 bridgehead atoms. The number of amides is 1. The number of aliphatic carboxylic acids is 1. The van der Waals surface area contributed by atoms with Crippen molar-refractivity contribution in [3.8, 4) is 5.75 Å². The molecule has 0 aliphatic carbocycles. The Labute approximate surface area is 105 Å². The van der Waals surface area contributed by atoms with Crippen LogP contribution < -0.4 is 10.1 Å². The van der Waals surface area contributed by atoms with Crippen molar-refractivity contribution in [3.63, 3.8) is 0 Å². The summed E-state index contributed by atoms with van der Waals surface area (Å²) in [4.78, 5) is 21.7. The lowest BCUT2D eigenvalue weighted by Gasteiger charge is -2.10. The Kier molecular flexibility index (Phi) is 4.98. The lowest BCUT2D eigenvalue weighted by Crippen LogP contribution is -2.18. The fraction of sp³-hybridized carbons (Fsp3) is 0.333. The number of hydrogen-bond donors (Lipinski definition) is 2. The Bertz CT molecular complexity index is 430. The second kappa shape index (κ2) is 6.48. The molecule has 1 rings (SSSR count). The van der Waals surface area contributed by atoms with Gasteiger partial charge in [-0.1, -0.05) is 6.07 Å². The zero-order valence-corrected chi connectivity index (χ0v) is 10.2. The first-order chi connectivity index (χ1) is 8.47. The number of hydrogen-bond acceptors (Lipinski definition) is 4. The number of carboxylic acids is 1. The van der Waals surface area contributed by atoms with Gasteiger partial charge in [-0.25, -0.2) is 9.59 Å². The first kappa shape index (κ1) is 13.8. The minimum absolute atomic E-state index is 0.212. The van der Waals surface area contributed by atoms with Crippen LogP contribution in [0.25, 0.3) is 0 Å². The molecular formula is C12H15NO5. The van der Waals surface area contributed by atoms with E-state index in [9.17, 15) is 9.59 Å². The number of nitrogens with one attached hydrogen (secondary N) is 1. The highest BCUT2D eigenvalue weighted by Crippen LogP contribution is 2.17. The molecule has 0 radical (unpaired) electrons. The van der Waals surface area contributed by atoms with E-state index in [1.54, 1.807) is 32.0 Å². The Hall–Kier alpha value is -2.24. The van der Waals surface area contributed by atoms with Crippen molar-refractivity contribution in [2.24, 2.45) is 0 Å². The highest BCUT2D eigenvalue weighted by atomic mass is 16.6. The van der Waals surface area contributed by atoms with Gasteiger partial charge in [0.05, 0.1) is 6.10 Å². The Morgan fingerprint density at radius 1 is 1.39 bits per heavy atom. The predicted octanol–water partition coefficient (Wildman–Crippen LogP) is 2.11. The van der Waals surface area contributed by atoms with Crippen LogP contribution in [-0.4, -0.2) is 29.9 Å². The predicted molar refractivity (Wildman–Crippen MR) is 64.8 cm³/mol. The van der Waals surface area contributed by atoms with Gasteiger partial charge in [0.2, 0.25) is 0 Å². The summed E-state index contributed by atoms with van der Waals surface area (Å²) >= 11 is 0. The van der Waals surface area contributed by atoms with Crippen molar-refractivity contribution in [2.45, 2.75) is 20.0 Å². The molecule has 0 aliphatic rings. The van der Waals surface area contributed by atoms with Crippen molar-refractivity contribution in [1.82, 2.24) is 0 Å². The summed E-state index contributed by atoms with van der Waals surface area (Å²) in [6.45, 7) is 3.05. The van der Waals surface area contributed by atoms with Crippen LogP contribution in [0.2, 0.25) is 0 Å². The largest absolute Gasteiger partial charge is 0.482 e. The van der Waals surface area contributed by atoms with E-state index >= 15 is 0 Å². The van der Waals surface area contributed by atoms with Crippen LogP contribution in [0.3, 0.4) is 0 Å². The van der Waals surface area contributed by atoms with Gasteiger partial charge in [0.25, 0.3) is 0 Å². The summed E-state index contributed by atoms with van der Waals surface area (Å²) in [5.41, 5.74) is 0.475. The SMILES string of the molecule is CC(C)OC(=O)Nc1cccc(OCC(=O)O)c1. The molecular weight excluding hydrogens is 238 g/mol. The average Bonchev–Trinajstić information content (AvgIpc) is 2.25. The normalized spacial score (nSPS) is 9.94. The summed E-state index contributed by atoms with van der Waals surface area (Å²) in [7, 11) is 0. The molecule has 0 saturated heterocycles. The molecule has 0 aromatic heterocycles. The quantitative estimate of drug-likeness (QED) is 0.839. The smallest absolute Gasteiger partial charge is 0.411 e. The Morgan fingerprint density at radius 2 is 2.11 bits per heavy atom. The molecule has 0 atom stereocenters. The molecule has 1 aromatic carbocycles. The number of benzene rings is 1. The van der Waals surface area contributed by atoms with Gasteiger partial charge >= 0.3 is 12.1 Å². The minimum atomic E-state index is -1.06. The van der Waals surface area contributed by atoms with Gasteiger partial charge in [0.1, 0.15) is 5.75 Å². The van der Waals surface area contributed by atoms with Crippen LogP contribution >= 0.6 is 0 Å². The average molecular weight is 253 g/mol. The van der Waals surface area contributed by atoms with Gasteiger partial charge in [-0.2, -0.15) is 0 Å². The molecule has 0 aliphatic heterocycles. The molecule has 1 amide bonds. The second-order valence-electron chi connectivity index (χ2n) is 3.79. The van der Waals surface area contributed by atoms with Gasteiger partial charge in [-0.05, 0) is 26.0 Å². The number of ether oxygens (including phenoxy) is 2. The van der Waals surface area contributed by atoms with Crippen molar-refractivity contribution in [3.05, 3.63) is 24.3 Å². The molecule has 1 aromatic rings. The first-order valence-corrected chi connectivity index (χ1v) is 5.39. The summed E-state index contributed by atoms with van der Waals surface area (Å²) in [6.07, 6.45) is -0.781. The van der Waals surface area contributed by atoms with Gasteiger partial charge in [0, 0.05) is 11.8 Å². The fourth-order valence-electron chi connectivity index (χ4n) is 1.17. The first-order valence-electron chi connectivity index (χ1n) is 5.39. The van der Waals surface area contributed by atoms with E-state index in [-0.39, 0.29) is 6.10 Å². The van der Waals surface area contributed by atoms with Crippen LogP contribution in [0.4, 0.5) is 10.5 Å². The zero-order chi connectivity index (χ0) is 13.5. The molecule has 18 heavy (non-hydrogen) atoms. The summed E-state index contributed by atoms with van der Waals surface area (Å²) in [6, 6.07) is 6.41. The minimum Gasteiger partial charge on any atom is -0.482 e. The van der Waals surface area contributed by atoms with Crippen LogP contribution in [0.1, 0.15) is 13.8 Å². The molecule has 6 heteroatoms. The molecule has 6 nitrogen and oxygen atoms in total. The van der Waals surface area contributed by atoms with E-state index in [1.165, 1.54) is 6.07 Å². The van der Waals surface area contributed by atoms with Gasteiger partial charge in [-0.15, -0.1) is 0 Å². The maximum atomic E-state index is 11.3. The number of anilines is 1. The fourth-order valence-corrected chi connectivity index (χ4v) is 1.17. The molecule has 0 saturated carbocycles. The lowest BCUT2D eigenvalue weighted by atomic mass is 10.3. The number of carboxylic acid groups (broad SMARTS) is 1. The van der Waals surface area contributed by atoms with Crippen molar-refractivity contribution < 1.29 is 24.2 Å². The zero-order valence-electron chi connectivity index (χ0n) is 10.2. The van der Waals surface area contributed by atoms with Crippen LogP contribution in [0.5, 0.6) is 5.75 Å². The highest BCUT2D eigenvalue weighted by molar-refractivity contribution is 5.84. The second-order valence-corrected chi connectivity index (χ2v) is 3.79. The molecule has 0 unspecified atom stereocenters. The molecule has 98 valence electrons. The number of carbonyl (C=O) groups excluding carboxylic acids is 1. The van der Waals surface area contributed by atoms with E-state index in [1.807, 2.05) is 0 Å². The molecule has 2 N–H and O–H groups in total. The van der Waals surface area contributed by atoms with Crippen molar-refractivity contribution >= 4 is 17.7 Å².